The van der Waals surface area contributed by atoms with Crippen LogP contribution in [0.4, 0.5) is 13.2 Å². The lowest BCUT2D eigenvalue weighted by Gasteiger charge is -2.37. The number of hydrogen-bond acceptors (Lipinski definition) is 4. The molecule has 0 N–H and O–H groups in total. The van der Waals surface area contributed by atoms with Gasteiger partial charge in [-0.1, -0.05) is 6.92 Å². The van der Waals surface area contributed by atoms with Crippen molar-refractivity contribution in [1.82, 2.24) is 4.90 Å². The molecule has 122 valence electrons. The van der Waals surface area contributed by atoms with Crippen LogP contribution in [-0.2, 0) is 14.3 Å². The predicted molar refractivity (Wildman–Crippen MR) is 74.2 cm³/mol. The largest absolute Gasteiger partial charge is 0.449 e. The Balaban J connectivity index is 2.08. The molecule has 1 aliphatic rings. The van der Waals surface area contributed by atoms with E-state index >= 15 is 0 Å². The first-order valence-corrected chi connectivity index (χ1v) is 7.79. The molecule has 22 heavy (non-hydrogen) atoms. The summed E-state index contributed by atoms with van der Waals surface area (Å²) >= 11 is 1.47. The molecule has 0 unspecified atom stereocenters. The highest BCUT2D eigenvalue weighted by molar-refractivity contribution is 7.08. The SMILES string of the molecule is C[C@H]1CC[C@H](c2ccsc2)N(C(=O)C(=O)OCC(F)(F)F)C1. The maximum atomic E-state index is 12.2. The van der Waals surface area contributed by atoms with Gasteiger partial charge in [0.1, 0.15) is 0 Å². The van der Waals surface area contributed by atoms with Crippen LogP contribution in [-0.4, -0.2) is 36.1 Å². The second kappa shape index (κ2) is 6.68. The lowest BCUT2D eigenvalue weighted by atomic mass is 9.91. The van der Waals surface area contributed by atoms with E-state index in [4.69, 9.17) is 0 Å². The second-order valence-corrected chi connectivity index (χ2v) is 6.18. The third-order valence-corrected chi connectivity index (χ3v) is 4.25. The number of amides is 1. The van der Waals surface area contributed by atoms with Crippen LogP contribution in [0, 0.1) is 5.92 Å². The molecule has 4 nitrogen and oxygen atoms in total. The summed E-state index contributed by atoms with van der Waals surface area (Å²) < 4.78 is 40.3. The second-order valence-electron chi connectivity index (χ2n) is 5.40. The molecule has 1 aromatic rings. The molecule has 0 bridgehead atoms. The molecule has 0 spiro atoms. The number of likely N-dealkylation sites (tertiary alicyclic amines) is 1. The van der Waals surface area contributed by atoms with Crippen molar-refractivity contribution in [3.63, 3.8) is 0 Å². The monoisotopic (exact) mass is 335 g/mol. The average Bonchev–Trinajstić information content (AvgIpc) is 2.97. The fraction of sp³-hybridized carbons (Fsp3) is 0.571. The Bertz CT molecular complexity index is 530. The van der Waals surface area contributed by atoms with E-state index in [1.54, 1.807) is 0 Å². The maximum Gasteiger partial charge on any atom is 0.422 e. The van der Waals surface area contributed by atoms with E-state index in [0.717, 1.165) is 12.0 Å². The number of thiophene rings is 1. The maximum absolute atomic E-state index is 12.2. The molecule has 2 rings (SSSR count). The highest BCUT2D eigenvalue weighted by Gasteiger charge is 2.37. The summed E-state index contributed by atoms with van der Waals surface area (Å²) in [5.74, 6) is -2.27. The van der Waals surface area contributed by atoms with Gasteiger partial charge >= 0.3 is 18.1 Å². The molecule has 0 saturated carbocycles. The molecular weight excluding hydrogens is 319 g/mol. The Morgan fingerprint density at radius 2 is 2.14 bits per heavy atom. The molecule has 0 aromatic carbocycles. The quantitative estimate of drug-likeness (QED) is 0.616. The van der Waals surface area contributed by atoms with Gasteiger partial charge in [0, 0.05) is 6.54 Å². The summed E-state index contributed by atoms with van der Waals surface area (Å²) in [6.07, 6.45) is -3.07. The van der Waals surface area contributed by atoms with E-state index in [9.17, 15) is 22.8 Å². The molecule has 1 aliphatic heterocycles. The normalized spacial score (nSPS) is 22.5. The van der Waals surface area contributed by atoms with Gasteiger partial charge in [0.2, 0.25) is 0 Å². The minimum absolute atomic E-state index is 0.189. The van der Waals surface area contributed by atoms with Crippen LogP contribution in [0.2, 0.25) is 0 Å². The third-order valence-electron chi connectivity index (χ3n) is 3.55. The minimum atomic E-state index is -4.64. The van der Waals surface area contributed by atoms with Crippen LogP contribution in [0.1, 0.15) is 31.4 Å². The number of alkyl halides is 3. The number of esters is 1. The predicted octanol–water partition coefficient (Wildman–Crippen LogP) is 3.15. The van der Waals surface area contributed by atoms with Gasteiger partial charge < -0.3 is 9.64 Å². The Kier molecular flexibility index (Phi) is 5.10. The van der Waals surface area contributed by atoms with Gasteiger partial charge in [0.25, 0.3) is 0 Å². The fourth-order valence-electron chi connectivity index (χ4n) is 2.51. The van der Waals surface area contributed by atoms with Crippen LogP contribution in [0.25, 0.3) is 0 Å². The summed E-state index contributed by atoms with van der Waals surface area (Å²) in [6, 6.07) is 1.57. The van der Waals surface area contributed by atoms with Crippen LogP contribution < -0.4 is 0 Å². The van der Waals surface area contributed by atoms with Crippen LogP contribution in [0.3, 0.4) is 0 Å². The van der Waals surface area contributed by atoms with Crippen molar-refractivity contribution in [3.05, 3.63) is 22.4 Å². The van der Waals surface area contributed by atoms with E-state index in [1.165, 1.54) is 16.2 Å². The highest BCUT2D eigenvalue weighted by atomic mass is 32.1. The van der Waals surface area contributed by atoms with E-state index in [1.807, 2.05) is 23.8 Å². The number of halogens is 3. The number of rotatable bonds is 2. The summed E-state index contributed by atoms with van der Waals surface area (Å²) in [4.78, 5) is 25.1. The zero-order chi connectivity index (χ0) is 16.3. The van der Waals surface area contributed by atoms with Gasteiger partial charge in [-0.15, -0.1) is 0 Å². The topological polar surface area (TPSA) is 46.6 Å². The number of carbonyl (C=O) groups excluding carboxylic acids is 2. The first kappa shape index (κ1) is 16.8. The molecule has 1 fully saturated rings. The van der Waals surface area contributed by atoms with Gasteiger partial charge in [-0.3, -0.25) is 4.79 Å². The highest BCUT2D eigenvalue weighted by Crippen LogP contribution is 2.34. The van der Waals surface area contributed by atoms with E-state index in [-0.39, 0.29) is 12.0 Å². The molecule has 1 aromatic heterocycles. The van der Waals surface area contributed by atoms with Gasteiger partial charge in [0.05, 0.1) is 6.04 Å². The lowest BCUT2D eigenvalue weighted by molar-refractivity contribution is -0.190. The molecular formula is C14H16F3NO3S. The van der Waals surface area contributed by atoms with Crippen LogP contribution in [0.5, 0.6) is 0 Å². The van der Waals surface area contributed by atoms with Crippen molar-refractivity contribution in [2.45, 2.75) is 32.0 Å². The van der Waals surface area contributed by atoms with E-state index in [0.29, 0.717) is 13.0 Å². The number of piperidine rings is 1. The molecule has 0 aliphatic carbocycles. The van der Waals surface area contributed by atoms with Crippen LogP contribution in [0.15, 0.2) is 16.8 Å². The number of nitrogens with zero attached hydrogens (tertiary/aromatic N) is 1. The van der Waals surface area contributed by atoms with Gasteiger partial charge in [-0.05, 0) is 41.1 Å². The van der Waals surface area contributed by atoms with E-state index < -0.39 is 24.7 Å². The van der Waals surface area contributed by atoms with Crippen molar-refractivity contribution < 1.29 is 27.5 Å². The average molecular weight is 335 g/mol. The van der Waals surface area contributed by atoms with Crippen molar-refractivity contribution in [2.24, 2.45) is 5.92 Å². The van der Waals surface area contributed by atoms with Crippen molar-refractivity contribution in [2.75, 3.05) is 13.2 Å². The Labute approximate surface area is 129 Å². The molecule has 2 heterocycles. The minimum Gasteiger partial charge on any atom is -0.449 e. The smallest absolute Gasteiger partial charge is 0.422 e. The fourth-order valence-corrected chi connectivity index (χ4v) is 3.22. The molecule has 2 atom stereocenters. The molecule has 1 amide bonds. The van der Waals surface area contributed by atoms with Gasteiger partial charge in [-0.25, -0.2) is 4.79 Å². The zero-order valence-corrected chi connectivity index (χ0v) is 12.7. The van der Waals surface area contributed by atoms with Crippen LogP contribution >= 0.6 is 11.3 Å². The van der Waals surface area contributed by atoms with Crippen molar-refractivity contribution in [3.8, 4) is 0 Å². The third kappa shape index (κ3) is 4.22. The molecule has 8 heteroatoms. The first-order chi connectivity index (χ1) is 10.3. The Morgan fingerprint density at radius 3 is 2.73 bits per heavy atom. The van der Waals surface area contributed by atoms with Gasteiger partial charge in [-0.2, -0.15) is 24.5 Å². The summed E-state index contributed by atoms with van der Waals surface area (Å²) in [5, 5.41) is 3.74. The molecule has 1 saturated heterocycles. The Hall–Kier alpha value is -1.57. The van der Waals surface area contributed by atoms with Crippen molar-refractivity contribution >= 4 is 23.2 Å². The molecule has 0 radical (unpaired) electrons. The Morgan fingerprint density at radius 1 is 1.41 bits per heavy atom. The number of ether oxygens (including phenoxy) is 1. The lowest BCUT2D eigenvalue weighted by Crippen LogP contribution is -2.45. The van der Waals surface area contributed by atoms with Gasteiger partial charge in [0.15, 0.2) is 6.61 Å². The van der Waals surface area contributed by atoms with E-state index in [2.05, 4.69) is 4.74 Å². The summed E-state index contributed by atoms with van der Waals surface area (Å²) in [7, 11) is 0. The summed E-state index contributed by atoms with van der Waals surface area (Å²) in [6.45, 7) is 0.524. The first-order valence-electron chi connectivity index (χ1n) is 6.84. The standard InChI is InChI=1S/C14H16F3NO3S/c1-9-2-3-11(10-4-5-22-7-10)18(6-9)12(19)13(20)21-8-14(15,16)17/h4-5,7,9,11H,2-3,6,8H2,1H3/t9-,11+/m0/s1. The summed E-state index contributed by atoms with van der Waals surface area (Å²) in [5.41, 5.74) is 0.897. The number of carbonyl (C=O) groups is 2. The number of hydrogen-bond donors (Lipinski definition) is 0. The zero-order valence-electron chi connectivity index (χ0n) is 11.9. The van der Waals surface area contributed by atoms with Crippen molar-refractivity contribution in [1.29, 1.82) is 0 Å².